The van der Waals surface area contributed by atoms with E-state index in [2.05, 4.69) is 50.1 Å². The fraction of sp³-hybridized carbons (Fsp3) is 0.462. The van der Waals surface area contributed by atoms with Gasteiger partial charge in [-0.3, -0.25) is 0 Å². The van der Waals surface area contributed by atoms with Gasteiger partial charge in [0, 0.05) is 26.7 Å². The van der Waals surface area contributed by atoms with E-state index >= 15 is 0 Å². The van der Waals surface area contributed by atoms with Crippen LogP contribution in [0.25, 0.3) is 0 Å². The molecule has 2 nitrogen and oxygen atoms in total. The molecule has 2 atom stereocenters. The Kier molecular flexibility index (Phi) is 3.97. The van der Waals surface area contributed by atoms with Gasteiger partial charge in [0.15, 0.2) is 0 Å². The molecular formula is C13H18N2S2. The van der Waals surface area contributed by atoms with E-state index in [0.29, 0.717) is 12.1 Å². The fourth-order valence-electron chi connectivity index (χ4n) is 1.95. The minimum absolute atomic E-state index is 0.361. The van der Waals surface area contributed by atoms with Crippen LogP contribution in [-0.4, -0.2) is 4.98 Å². The number of thiazole rings is 1. The molecule has 0 aliphatic heterocycles. The first-order valence-corrected chi connectivity index (χ1v) is 7.50. The van der Waals surface area contributed by atoms with Crippen LogP contribution in [0.1, 0.15) is 46.3 Å². The van der Waals surface area contributed by atoms with Crippen molar-refractivity contribution < 1.29 is 0 Å². The molecule has 0 bridgehead atoms. The molecule has 4 heteroatoms. The lowest BCUT2D eigenvalue weighted by Gasteiger charge is -2.18. The summed E-state index contributed by atoms with van der Waals surface area (Å²) in [7, 11) is 0. The molecule has 0 aliphatic carbocycles. The molecule has 0 radical (unpaired) electrons. The van der Waals surface area contributed by atoms with Crippen LogP contribution in [0.5, 0.6) is 0 Å². The Hall–Kier alpha value is -0.710. The minimum Gasteiger partial charge on any atom is -0.302 e. The molecule has 0 saturated carbocycles. The summed E-state index contributed by atoms with van der Waals surface area (Å²) in [5.41, 5.74) is 3.06. The Morgan fingerprint density at radius 2 is 1.94 bits per heavy atom. The van der Waals surface area contributed by atoms with Gasteiger partial charge < -0.3 is 5.32 Å². The van der Waals surface area contributed by atoms with Gasteiger partial charge in [-0.15, -0.1) is 22.7 Å². The second kappa shape index (κ2) is 5.29. The molecule has 92 valence electrons. The monoisotopic (exact) mass is 266 g/mol. The third-order valence-corrected chi connectivity index (χ3v) is 5.16. The topological polar surface area (TPSA) is 24.9 Å². The highest BCUT2D eigenvalue weighted by atomic mass is 32.1. The number of hydrogen-bond acceptors (Lipinski definition) is 4. The summed E-state index contributed by atoms with van der Waals surface area (Å²) in [5, 5.41) is 3.63. The van der Waals surface area contributed by atoms with Crippen molar-refractivity contribution in [3.63, 3.8) is 0 Å². The van der Waals surface area contributed by atoms with Crippen molar-refractivity contribution in [2.45, 2.75) is 39.8 Å². The fourth-order valence-corrected chi connectivity index (χ4v) is 3.65. The van der Waals surface area contributed by atoms with Crippen LogP contribution >= 0.6 is 22.7 Å². The Bertz CT molecular complexity index is 487. The molecule has 0 aliphatic rings. The molecule has 0 aromatic carbocycles. The van der Waals surface area contributed by atoms with Gasteiger partial charge in [0.1, 0.15) is 0 Å². The SMILES string of the molecule is Cc1ccc(C(C)NC(C)c2scnc2C)s1. The minimum atomic E-state index is 0.361. The number of aromatic nitrogens is 1. The molecule has 2 aromatic rings. The molecule has 2 aromatic heterocycles. The Balaban J connectivity index is 2.04. The molecule has 17 heavy (non-hydrogen) atoms. The van der Waals surface area contributed by atoms with Crippen molar-refractivity contribution in [3.05, 3.63) is 38.0 Å². The number of rotatable bonds is 4. The maximum Gasteiger partial charge on any atom is 0.0798 e. The number of hydrogen-bond donors (Lipinski definition) is 1. The molecule has 0 spiro atoms. The van der Waals surface area contributed by atoms with E-state index in [9.17, 15) is 0 Å². The second-order valence-corrected chi connectivity index (χ2v) is 6.57. The standard InChI is InChI=1S/C13H18N2S2/c1-8-5-6-12(17-8)9(2)15-11(4)13-10(3)14-7-16-13/h5-7,9,11,15H,1-4H3. The van der Waals surface area contributed by atoms with Crippen molar-refractivity contribution in [2.24, 2.45) is 0 Å². The van der Waals surface area contributed by atoms with Gasteiger partial charge >= 0.3 is 0 Å². The first-order chi connectivity index (χ1) is 8.08. The number of nitrogens with zero attached hydrogens (tertiary/aromatic N) is 1. The highest BCUT2D eigenvalue weighted by molar-refractivity contribution is 7.12. The van der Waals surface area contributed by atoms with E-state index in [-0.39, 0.29) is 0 Å². The predicted molar refractivity (Wildman–Crippen MR) is 75.9 cm³/mol. The van der Waals surface area contributed by atoms with Gasteiger partial charge in [0.2, 0.25) is 0 Å². The molecule has 2 rings (SSSR count). The molecule has 0 saturated heterocycles. The van der Waals surface area contributed by atoms with E-state index in [0.717, 1.165) is 5.69 Å². The highest BCUT2D eigenvalue weighted by Gasteiger charge is 2.15. The third-order valence-electron chi connectivity index (χ3n) is 2.86. The van der Waals surface area contributed by atoms with Gasteiger partial charge in [-0.1, -0.05) is 0 Å². The number of thiophene rings is 1. The maximum absolute atomic E-state index is 4.30. The zero-order chi connectivity index (χ0) is 12.4. The average Bonchev–Trinajstić information content (AvgIpc) is 2.86. The Labute approximate surface area is 111 Å². The van der Waals surface area contributed by atoms with E-state index < -0.39 is 0 Å². The third kappa shape index (κ3) is 2.94. The molecular weight excluding hydrogens is 248 g/mol. The molecule has 0 amide bonds. The van der Waals surface area contributed by atoms with Gasteiger partial charge in [0.05, 0.1) is 11.2 Å². The van der Waals surface area contributed by atoms with Gasteiger partial charge in [-0.05, 0) is 39.8 Å². The summed E-state index contributed by atoms with van der Waals surface area (Å²) in [4.78, 5) is 8.41. The van der Waals surface area contributed by atoms with E-state index in [1.807, 2.05) is 16.8 Å². The lowest BCUT2D eigenvalue weighted by atomic mass is 10.2. The number of nitrogens with one attached hydrogen (secondary N) is 1. The summed E-state index contributed by atoms with van der Waals surface area (Å²) in [6, 6.07) is 5.15. The van der Waals surface area contributed by atoms with Gasteiger partial charge in [0.25, 0.3) is 0 Å². The first-order valence-electron chi connectivity index (χ1n) is 5.80. The first kappa shape index (κ1) is 12.7. The van der Waals surface area contributed by atoms with Crippen molar-refractivity contribution in [1.82, 2.24) is 10.3 Å². The number of aryl methyl sites for hydroxylation is 2. The second-order valence-electron chi connectivity index (χ2n) is 4.36. The molecule has 2 unspecified atom stereocenters. The lowest BCUT2D eigenvalue weighted by molar-refractivity contribution is 0.503. The van der Waals surface area contributed by atoms with Gasteiger partial charge in [-0.2, -0.15) is 0 Å². The van der Waals surface area contributed by atoms with Crippen molar-refractivity contribution >= 4 is 22.7 Å². The van der Waals surface area contributed by atoms with Crippen molar-refractivity contribution in [3.8, 4) is 0 Å². The van der Waals surface area contributed by atoms with E-state index in [4.69, 9.17) is 0 Å². The quantitative estimate of drug-likeness (QED) is 0.895. The summed E-state index contributed by atoms with van der Waals surface area (Å²) in [6.45, 7) is 8.65. The Morgan fingerprint density at radius 3 is 2.47 bits per heavy atom. The summed E-state index contributed by atoms with van der Waals surface area (Å²) >= 11 is 3.59. The lowest BCUT2D eigenvalue weighted by Crippen LogP contribution is -2.21. The largest absolute Gasteiger partial charge is 0.302 e. The van der Waals surface area contributed by atoms with Gasteiger partial charge in [-0.25, -0.2) is 4.98 Å². The van der Waals surface area contributed by atoms with Crippen LogP contribution in [-0.2, 0) is 0 Å². The average molecular weight is 266 g/mol. The summed E-state index contributed by atoms with van der Waals surface area (Å²) in [5.74, 6) is 0. The van der Waals surface area contributed by atoms with E-state index in [1.54, 1.807) is 11.3 Å². The van der Waals surface area contributed by atoms with E-state index in [1.165, 1.54) is 14.6 Å². The van der Waals surface area contributed by atoms with Crippen molar-refractivity contribution in [1.29, 1.82) is 0 Å². The highest BCUT2D eigenvalue weighted by Crippen LogP contribution is 2.27. The molecule has 2 heterocycles. The van der Waals surface area contributed by atoms with Crippen molar-refractivity contribution in [2.75, 3.05) is 0 Å². The molecule has 0 fully saturated rings. The van der Waals surface area contributed by atoms with Crippen LogP contribution in [0.15, 0.2) is 17.6 Å². The zero-order valence-corrected chi connectivity index (χ0v) is 12.3. The molecule has 1 N–H and O–H groups in total. The predicted octanol–water partition coefficient (Wildman–Crippen LogP) is 4.23. The summed E-state index contributed by atoms with van der Waals surface area (Å²) in [6.07, 6.45) is 0. The normalized spacial score (nSPS) is 14.8. The van der Waals surface area contributed by atoms with Crippen LogP contribution in [0.3, 0.4) is 0 Å². The smallest absolute Gasteiger partial charge is 0.0798 e. The van der Waals surface area contributed by atoms with Crippen LogP contribution in [0, 0.1) is 13.8 Å². The van der Waals surface area contributed by atoms with Crippen LogP contribution < -0.4 is 5.32 Å². The summed E-state index contributed by atoms with van der Waals surface area (Å²) < 4.78 is 0. The van der Waals surface area contributed by atoms with Crippen LogP contribution in [0.2, 0.25) is 0 Å². The zero-order valence-electron chi connectivity index (χ0n) is 10.7. The van der Waals surface area contributed by atoms with Crippen LogP contribution in [0.4, 0.5) is 0 Å². The maximum atomic E-state index is 4.30. The Morgan fingerprint density at radius 1 is 1.18 bits per heavy atom.